The normalized spacial score (nSPS) is 14.9. The number of nitrogen functional groups attached to an aromatic ring is 1. The maximum absolute atomic E-state index is 15.2. The van der Waals surface area contributed by atoms with E-state index in [9.17, 15) is 29.1 Å². The molecule has 0 heterocycles. The lowest BCUT2D eigenvalue weighted by molar-refractivity contribution is -0.168. The van der Waals surface area contributed by atoms with E-state index in [-0.39, 0.29) is 50.5 Å². The summed E-state index contributed by atoms with van der Waals surface area (Å²) in [6.45, 7) is 8.45. The van der Waals surface area contributed by atoms with Crippen LogP contribution in [0.1, 0.15) is 85.1 Å². The van der Waals surface area contributed by atoms with Gasteiger partial charge in [0.2, 0.25) is 17.7 Å². The molecule has 0 saturated heterocycles. The average Bonchev–Trinajstić information content (AvgIpc) is 2.97. The van der Waals surface area contributed by atoms with Crippen LogP contribution in [0, 0.1) is 11.8 Å². The van der Waals surface area contributed by atoms with E-state index in [1.165, 1.54) is 0 Å². The molecule has 0 aliphatic rings. The van der Waals surface area contributed by atoms with Gasteiger partial charge in [0.15, 0.2) is 0 Å². The number of carboxylic acid groups (broad SMARTS) is 1. The third kappa shape index (κ3) is 13.4. The van der Waals surface area contributed by atoms with Crippen molar-refractivity contribution in [3.8, 4) is 0 Å². The molecule has 14 heteroatoms. The summed E-state index contributed by atoms with van der Waals surface area (Å²) in [6, 6.07) is 2.46. The molecule has 0 bridgehead atoms. The van der Waals surface area contributed by atoms with Crippen molar-refractivity contribution < 1.29 is 43.0 Å². The van der Waals surface area contributed by atoms with Crippen LogP contribution in [0.5, 0.6) is 0 Å². The van der Waals surface area contributed by atoms with Gasteiger partial charge in [-0.3, -0.25) is 24.0 Å². The standard InChI is InChI=1S/C31H49F2N5O7/c1-6-9-22(36-29(44)26(19(5)7-2)38-24(39)10-8-11-25(40)41)28(43)37-23(16-18(3)4)27(42)31(32,33)30(45)35-17-20-12-14-21(34)15-13-20/h12-15,18-19,22-23,26-27,42H,6-11,16-17,34H2,1-5H3,(H,35,45)(H,36,44)(H,37,43)(H,38,39)(H,40,41)/t19-,22-,23-,26-,27+/m0/s1. The Labute approximate surface area is 263 Å². The molecular weight excluding hydrogens is 592 g/mol. The van der Waals surface area contributed by atoms with Gasteiger partial charge in [-0.2, -0.15) is 8.78 Å². The van der Waals surface area contributed by atoms with Gasteiger partial charge < -0.3 is 37.2 Å². The second kappa shape index (κ2) is 18.9. The fourth-order valence-electron chi connectivity index (χ4n) is 4.55. The highest BCUT2D eigenvalue weighted by Gasteiger charge is 2.50. The number of alkyl halides is 2. The molecule has 0 spiro atoms. The number of nitrogens with one attached hydrogen (secondary N) is 4. The number of carbonyl (C=O) groups excluding carboxylic acids is 4. The fraction of sp³-hybridized carbons (Fsp3) is 0.645. The van der Waals surface area contributed by atoms with Crippen LogP contribution in [0.2, 0.25) is 0 Å². The predicted octanol–water partition coefficient (Wildman–Crippen LogP) is 2.48. The van der Waals surface area contributed by atoms with E-state index in [4.69, 9.17) is 10.8 Å². The summed E-state index contributed by atoms with van der Waals surface area (Å²) in [5.74, 6) is -9.67. The lowest BCUT2D eigenvalue weighted by atomic mass is 9.94. The maximum Gasteiger partial charge on any atom is 0.351 e. The first kappa shape index (κ1) is 39.2. The first-order valence-corrected chi connectivity index (χ1v) is 15.3. The zero-order chi connectivity index (χ0) is 34.3. The molecule has 5 atom stereocenters. The van der Waals surface area contributed by atoms with E-state index >= 15 is 8.78 Å². The minimum Gasteiger partial charge on any atom is -0.481 e. The molecule has 0 saturated carbocycles. The van der Waals surface area contributed by atoms with Crippen molar-refractivity contribution in [2.45, 2.75) is 116 Å². The van der Waals surface area contributed by atoms with Gasteiger partial charge >= 0.3 is 11.9 Å². The Morgan fingerprint density at radius 2 is 1.56 bits per heavy atom. The Kier molecular flexibility index (Phi) is 16.4. The van der Waals surface area contributed by atoms with Crippen LogP contribution in [0.3, 0.4) is 0 Å². The van der Waals surface area contributed by atoms with E-state index in [2.05, 4.69) is 21.3 Å². The van der Waals surface area contributed by atoms with Crippen LogP contribution in [-0.2, 0) is 30.5 Å². The summed E-state index contributed by atoms with van der Waals surface area (Å²) >= 11 is 0. The number of nitrogens with two attached hydrogens (primary N) is 1. The predicted molar refractivity (Wildman–Crippen MR) is 165 cm³/mol. The monoisotopic (exact) mass is 641 g/mol. The van der Waals surface area contributed by atoms with Crippen molar-refractivity contribution in [1.82, 2.24) is 21.3 Å². The van der Waals surface area contributed by atoms with Crippen molar-refractivity contribution in [3.05, 3.63) is 29.8 Å². The average molecular weight is 642 g/mol. The molecule has 1 aromatic carbocycles. The van der Waals surface area contributed by atoms with Crippen LogP contribution in [-0.4, -0.2) is 70.0 Å². The topological polar surface area (TPSA) is 200 Å². The largest absolute Gasteiger partial charge is 0.481 e. The Morgan fingerprint density at radius 1 is 0.933 bits per heavy atom. The molecule has 1 aromatic rings. The molecule has 12 nitrogen and oxygen atoms in total. The van der Waals surface area contributed by atoms with Crippen LogP contribution >= 0.6 is 0 Å². The lowest BCUT2D eigenvalue weighted by Gasteiger charge is -2.32. The summed E-state index contributed by atoms with van der Waals surface area (Å²) in [5, 5.41) is 29.2. The number of benzene rings is 1. The molecule has 8 N–H and O–H groups in total. The van der Waals surface area contributed by atoms with E-state index in [1.54, 1.807) is 52.0 Å². The van der Waals surface area contributed by atoms with E-state index in [0.717, 1.165) is 0 Å². The van der Waals surface area contributed by atoms with Gasteiger partial charge in [-0.25, -0.2) is 0 Å². The third-order valence-electron chi connectivity index (χ3n) is 7.36. The molecule has 254 valence electrons. The lowest BCUT2D eigenvalue weighted by Crippen LogP contribution is -2.61. The van der Waals surface area contributed by atoms with Crippen LogP contribution < -0.4 is 27.0 Å². The van der Waals surface area contributed by atoms with Crippen LogP contribution in [0.15, 0.2) is 24.3 Å². The molecule has 0 unspecified atom stereocenters. The number of amides is 4. The number of hydrogen-bond acceptors (Lipinski definition) is 7. The quantitative estimate of drug-likeness (QED) is 0.105. The van der Waals surface area contributed by atoms with E-state index in [0.29, 0.717) is 24.1 Å². The number of carboxylic acids is 1. The first-order valence-electron chi connectivity index (χ1n) is 15.3. The first-order chi connectivity index (χ1) is 21.0. The molecule has 0 radical (unpaired) electrons. The number of anilines is 1. The fourth-order valence-corrected chi connectivity index (χ4v) is 4.55. The minimum absolute atomic E-state index is 0.0838. The highest BCUT2D eigenvalue weighted by Crippen LogP contribution is 2.25. The Morgan fingerprint density at radius 3 is 2.09 bits per heavy atom. The van der Waals surface area contributed by atoms with E-state index in [1.807, 2.05) is 6.92 Å². The smallest absolute Gasteiger partial charge is 0.351 e. The molecule has 0 aliphatic heterocycles. The highest BCUT2D eigenvalue weighted by molar-refractivity contribution is 5.92. The zero-order valence-electron chi connectivity index (χ0n) is 26.7. The summed E-state index contributed by atoms with van der Waals surface area (Å²) in [4.78, 5) is 62.3. The van der Waals surface area contributed by atoms with Crippen molar-refractivity contribution in [3.63, 3.8) is 0 Å². The summed E-state index contributed by atoms with van der Waals surface area (Å²) in [7, 11) is 0. The minimum atomic E-state index is -4.27. The third-order valence-corrected chi connectivity index (χ3v) is 7.36. The number of aliphatic hydroxyl groups is 1. The van der Waals surface area contributed by atoms with Crippen LogP contribution in [0.4, 0.5) is 14.5 Å². The van der Waals surface area contributed by atoms with Gasteiger partial charge in [0.25, 0.3) is 5.91 Å². The molecule has 4 amide bonds. The number of aliphatic hydroxyl groups excluding tert-OH is 1. The van der Waals surface area contributed by atoms with Gasteiger partial charge in [0.05, 0.1) is 6.04 Å². The van der Waals surface area contributed by atoms with Gasteiger partial charge in [-0.1, -0.05) is 59.6 Å². The number of rotatable bonds is 20. The van der Waals surface area contributed by atoms with Gasteiger partial charge in [0.1, 0.15) is 18.2 Å². The van der Waals surface area contributed by atoms with Crippen molar-refractivity contribution >= 4 is 35.3 Å². The zero-order valence-corrected chi connectivity index (χ0v) is 26.7. The maximum atomic E-state index is 15.2. The van der Waals surface area contributed by atoms with Crippen LogP contribution in [0.25, 0.3) is 0 Å². The second-order valence-electron chi connectivity index (χ2n) is 11.8. The van der Waals surface area contributed by atoms with Gasteiger partial charge in [-0.15, -0.1) is 0 Å². The molecule has 0 aliphatic carbocycles. The van der Waals surface area contributed by atoms with Crippen molar-refractivity contribution in [2.24, 2.45) is 11.8 Å². The van der Waals surface area contributed by atoms with Crippen molar-refractivity contribution in [2.75, 3.05) is 5.73 Å². The number of aliphatic carboxylic acids is 1. The number of carbonyl (C=O) groups is 5. The molecule has 1 rings (SSSR count). The highest BCUT2D eigenvalue weighted by atomic mass is 19.3. The Balaban J connectivity index is 3.05. The molecule has 0 aromatic heterocycles. The summed E-state index contributed by atoms with van der Waals surface area (Å²) in [5.41, 5.74) is 6.59. The van der Waals surface area contributed by atoms with Gasteiger partial charge in [-0.05, 0) is 48.8 Å². The second-order valence-corrected chi connectivity index (χ2v) is 11.8. The Bertz CT molecular complexity index is 1130. The molecule has 45 heavy (non-hydrogen) atoms. The van der Waals surface area contributed by atoms with Crippen molar-refractivity contribution in [1.29, 1.82) is 0 Å². The molecule has 0 fully saturated rings. The number of halogens is 2. The SMILES string of the molecule is CCC[C@H](NC(=O)[C@@H](NC(=O)CCCC(=O)O)[C@@H](C)CC)C(=O)N[C@@H](CC(C)C)[C@@H](O)C(F)(F)C(=O)NCc1ccc(N)cc1. The van der Waals surface area contributed by atoms with Gasteiger partial charge in [0, 0.05) is 25.1 Å². The number of hydrogen-bond donors (Lipinski definition) is 7. The Hall–Kier alpha value is -3.81. The summed E-state index contributed by atoms with van der Waals surface area (Å²) < 4.78 is 30.4. The molecular formula is C31H49F2N5O7. The summed E-state index contributed by atoms with van der Waals surface area (Å²) in [6.07, 6.45) is -1.86. The van der Waals surface area contributed by atoms with E-state index < -0.39 is 59.8 Å².